The van der Waals surface area contributed by atoms with Crippen molar-refractivity contribution in [2.75, 3.05) is 19.7 Å². The Morgan fingerprint density at radius 1 is 1.52 bits per heavy atom. The molecule has 0 aliphatic carbocycles. The summed E-state index contributed by atoms with van der Waals surface area (Å²) in [7, 11) is 0. The number of benzene rings is 1. The fourth-order valence-corrected chi connectivity index (χ4v) is 2.80. The number of carboxylic acids is 1. The van der Waals surface area contributed by atoms with Crippen molar-refractivity contribution in [1.82, 2.24) is 4.90 Å². The molecule has 1 N–H and O–H groups in total. The highest BCUT2D eigenvalue weighted by Gasteiger charge is 2.27. The van der Waals surface area contributed by atoms with Gasteiger partial charge in [0.05, 0.1) is 16.7 Å². The van der Waals surface area contributed by atoms with Gasteiger partial charge in [-0.25, -0.2) is 4.79 Å². The largest absolute Gasteiger partial charge is 0.477 e. The number of morpholine rings is 1. The Morgan fingerprint density at radius 2 is 2.29 bits per heavy atom. The molecule has 1 aromatic carbocycles. The maximum absolute atomic E-state index is 11.4. The van der Waals surface area contributed by atoms with Gasteiger partial charge >= 0.3 is 5.97 Å². The van der Waals surface area contributed by atoms with Gasteiger partial charge in [-0.05, 0) is 12.5 Å². The minimum absolute atomic E-state index is 0.287. The molecule has 6 heteroatoms. The summed E-state index contributed by atoms with van der Waals surface area (Å²) >= 11 is 12.2. The molecular weight excluding hydrogens is 313 g/mol. The van der Waals surface area contributed by atoms with Crippen molar-refractivity contribution in [3.63, 3.8) is 0 Å². The quantitative estimate of drug-likeness (QED) is 0.855. The van der Waals surface area contributed by atoms with Crippen LogP contribution in [0.4, 0.5) is 0 Å². The zero-order valence-corrected chi connectivity index (χ0v) is 13.2. The van der Waals surface area contributed by atoms with Crippen molar-refractivity contribution in [2.24, 2.45) is 0 Å². The van der Waals surface area contributed by atoms with Gasteiger partial charge < -0.3 is 14.7 Å². The van der Waals surface area contributed by atoms with Crippen LogP contribution in [0.5, 0.6) is 0 Å². The zero-order chi connectivity index (χ0) is 15.4. The van der Waals surface area contributed by atoms with Gasteiger partial charge in [-0.2, -0.15) is 0 Å². The van der Waals surface area contributed by atoms with Crippen LogP contribution in [0.1, 0.15) is 25.0 Å². The lowest BCUT2D eigenvalue weighted by atomic mass is 10.1. The Balaban J connectivity index is 2.23. The van der Waals surface area contributed by atoms with Crippen LogP contribution in [0.2, 0.25) is 10.0 Å². The van der Waals surface area contributed by atoms with Gasteiger partial charge in [0.25, 0.3) is 0 Å². The van der Waals surface area contributed by atoms with Crippen molar-refractivity contribution >= 4 is 29.2 Å². The molecule has 1 heterocycles. The first-order valence-corrected chi connectivity index (χ1v) is 7.54. The standard InChI is InChI=1S/C15H17Cl2NO3/c1-2-4-12(15(19)20)18-7-8-21-13(9-18)10-5-3-6-11(16)14(10)17/h3-6,13H,2,7-9H2,1H3,(H,19,20). The molecule has 1 fully saturated rings. The van der Waals surface area contributed by atoms with Crippen LogP contribution in [0.25, 0.3) is 0 Å². The van der Waals surface area contributed by atoms with Crippen LogP contribution in [-0.4, -0.2) is 35.7 Å². The molecule has 0 saturated carbocycles. The van der Waals surface area contributed by atoms with Crippen molar-refractivity contribution in [3.8, 4) is 0 Å². The van der Waals surface area contributed by atoms with E-state index in [1.807, 2.05) is 24.0 Å². The normalized spacial score (nSPS) is 19.7. The number of rotatable bonds is 4. The molecule has 1 aliphatic rings. The summed E-state index contributed by atoms with van der Waals surface area (Å²) in [5, 5.41) is 10.2. The fraction of sp³-hybridized carbons (Fsp3) is 0.400. The molecular formula is C15H17Cl2NO3. The second-order valence-electron chi connectivity index (χ2n) is 4.75. The highest BCUT2D eigenvalue weighted by atomic mass is 35.5. The van der Waals surface area contributed by atoms with Crippen molar-refractivity contribution < 1.29 is 14.6 Å². The number of hydrogen-bond acceptors (Lipinski definition) is 3. The van der Waals surface area contributed by atoms with Gasteiger partial charge in [0.15, 0.2) is 0 Å². The number of nitrogens with zero attached hydrogens (tertiary/aromatic N) is 1. The fourth-order valence-electron chi connectivity index (χ4n) is 2.37. The molecule has 0 spiro atoms. The first kappa shape index (κ1) is 16.1. The molecule has 4 nitrogen and oxygen atoms in total. The summed E-state index contributed by atoms with van der Waals surface area (Å²) in [6.45, 7) is 3.35. The zero-order valence-electron chi connectivity index (χ0n) is 11.7. The highest BCUT2D eigenvalue weighted by Crippen LogP contribution is 2.33. The monoisotopic (exact) mass is 329 g/mol. The average Bonchev–Trinajstić information content (AvgIpc) is 2.47. The number of halogens is 2. The minimum atomic E-state index is -0.922. The Bertz CT molecular complexity index is 560. The van der Waals surface area contributed by atoms with Crippen LogP contribution in [0.3, 0.4) is 0 Å². The van der Waals surface area contributed by atoms with E-state index in [0.29, 0.717) is 41.9 Å². The highest BCUT2D eigenvalue weighted by molar-refractivity contribution is 6.42. The molecule has 21 heavy (non-hydrogen) atoms. The summed E-state index contributed by atoms with van der Waals surface area (Å²) in [5.41, 5.74) is 1.10. The second-order valence-corrected chi connectivity index (χ2v) is 5.54. The van der Waals surface area contributed by atoms with Crippen molar-refractivity contribution in [2.45, 2.75) is 19.4 Å². The molecule has 0 amide bonds. The number of aliphatic carboxylic acids is 1. The molecule has 0 bridgehead atoms. The molecule has 1 aliphatic heterocycles. The van der Waals surface area contributed by atoms with E-state index < -0.39 is 5.97 Å². The van der Waals surface area contributed by atoms with Crippen LogP contribution >= 0.6 is 23.2 Å². The number of carbonyl (C=O) groups is 1. The van der Waals surface area contributed by atoms with E-state index in [-0.39, 0.29) is 6.10 Å². The molecule has 1 atom stereocenters. The van der Waals surface area contributed by atoms with Crippen LogP contribution in [0, 0.1) is 0 Å². The van der Waals surface area contributed by atoms with E-state index in [9.17, 15) is 9.90 Å². The number of ether oxygens (including phenoxy) is 1. The first-order chi connectivity index (χ1) is 10.0. The Labute approximate surface area is 133 Å². The Morgan fingerprint density at radius 3 is 2.95 bits per heavy atom. The lowest BCUT2D eigenvalue weighted by Crippen LogP contribution is -2.39. The minimum Gasteiger partial charge on any atom is -0.477 e. The average molecular weight is 330 g/mol. The molecule has 1 aromatic rings. The summed E-state index contributed by atoms with van der Waals surface area (Å²) in [6, 6.07) is 5.38. The molecule has 0 radical (unpaired) electrons. The molecule has 2 rings (SSSR count). The van der Waals surface area contributed by atoms with Gasteiger partial charge in [-0.1, -0.05) is 48.3 Å². The van der Waals surface area contributed by atoms with Gasteiger partial charge in [0, 0.05) is 18.7 Å². The summed E-state index contributed by atoms with van der Waals surface area (Å²) in [5.74, 6) is -0.922. The van der Waals surface area contributed by atoms with E-state index in [0.717, 1.165) is 5.56 Å². The van der Waals surface area contributed by atoms with E-state index in [2.05, 4.69) is 0 Å². The van der Waals surface area contributed by atoms with Gasteiger partial charge in [0.2, 0.25) is 0 Å². The smallest absolute Gasteiger partial charge is 0.351 e. The van der Waals surface area contributed by atoms with Crippen molar-refractivity contribution in [3.05, 3.63) is 45.6 Å². The maximum atomic E-state index is 11.4. The SMILES string of the molecule is CCC=C(C(=O)O)N1CCOC(c2cccc(Cl)c2Cl)C1. The predicted molar refractivity (Wildman–Crippen MR) is 82.7 cm³/mol. The van der Waals surface area contributed by atoms with E-state index >= 15 is 0 Å². The van der Waals surface area contributed by atoms with E-state index in [1.54, 1.807) is 12.1 Å². The van der Waals surface area contributed by atoms with E-state index in [1.165, 1.54) is 0 Å². The molecule has 1 unspecified atom stereocenters. The van der Waals surface area contributed by atoms with Crippen LogP contribution < -0.4 is 0 Å². The Hall–Kier alpha value is -1.23. The third-order valence-electron chi connectivity index (χ3n) is 3.35. The van der Waals surface area contributed by atoms with Gasteiger partial charge in [-0.3, -0.25) is 0 Å². The van der Waals surface area contributed by atoms with Crippen molar-refractivity contribution in [1.29, 1.82) is 0 Å². The number of hydrogen-bond donors (Lipinski definition) is 1. The third-order valence-corrected chi connectivity index (χ3v) is 4.19. The van der Waals surface area contributed by atoms with Gasteiger partial charge in [0.1, 0.15) is 11.8 Å². The van der Waals surface area contributed by atoms with Crippen LogP contribution in [-0.2, 0) is 9.53 Å². The van der Waals surface area contributed by atoms with E-state index in [4.69, 9.17) is 27.9 Å². The topological polar surface area (TPSA) is 49.8 Å². The van der Waals surface area contributed by atoms with Crippen LogP contribution in [0.15, 0.2) is 30.0 Å². The summed E-state index contributed by atoms with van der Waals surface area (Å²) < 4.78 is 5.73. The third kappa shape index (κ3) is 3.70. The lowest BCUT2D eigenvalue weighted by molar-refractivity contribution is -0.135. The lowest BCUT2D eigenvalue weighted by Gasteiger charge is -2.35. The molecule has 114 valence electrons. The maximum Gasteiger partial charge on any atom is 0.351 e. The summed E-state index contributed by atoms with van der Waals surface area (Å²) in [4.78, 5) is 13.2. The van der Waals surface area contributed by atoms with Gasteiger partial charge in [-0.15, -0.1) is 0 Å². The Kier molecular flexibility index (Phi) is 5.51. The first-order valence-electron chi connectivity index (χ1n) is 6.78. The molecule has 1 saturated heterocycles. The molecule has 0 aromatic heterocycles. The number of carboxylic acid groups (broad SMARTS) is 1. The summed E-state index contributed by atoms with van der Waals surface area (Å²) in [6.07, 6.45) is 2.09. The second kappa shape index (κ2) is 7.16. The number of allylic oxidation sites excluding steroid dienone is 1. The predicted octanol–water partition coefficient (Wildman–Crippen LogP) is 3.75.